The average Bonchev–Trinajstić information content (AvgIpc) is 3.06. The summed E-state index contributed by atoms with van der Waals surface area (Å²) in [5.74, 6) is 0.816. The van der Waals surface area contributed by atoms with E-state index in [1.165, 1.54) is 0 Å². The van der Waals surface area contributed by atoms with Gasteiger partial charge in [0.05, 0.1) is 0 Å². The third kappa shape index (κ3) is 7.81. The molecule has 0 bridgehead atoms. The van der Waals surface area contributed by atoms with Gasteiger partial charge in [0.1, 0.15) is 5.69 Å². The molecule has 1 atom stereocenters. The maximum absolute atomic E-state index is 12.0. The fraction of sp³-hybridized carbons (Fsp3) is 0.500. The number of hydrogen-bond acceptors (Lipinski definition) is 6. The van der Waals surface area contributed by atoms with Crippen LogP contribution >= 0.6 is 24.8 Å². The van der Waals surface area contributed by atoms with Crippen LogP contribution < -0.4 is 11.1 Å². The van der Waals surface area contributed by atoms with Gasteiger partial charge >= 0.3 is 0 Å². The Hall–Kier alpha value is -1.70. The number of nitrogens with zero attached hydrogens (tertiary/aromatic N) is 3. The predicted octanol–water partition coefficient (Wildman–Crippen LogP) is 2.54. The van der Waals surface area contributed by atoms with E-state index in [2.05, 4.69) is 27.4 Å². The average molecular weight is 390 g/mol. The first kappa shape index (κ1) is 23.3. The van der Waals surface area contributed by atoms with Gasteiger partial charge in [0.15, 0.2) is 0 Å². The molecule has 0 saturated heterocycles. The Kier molecular flexibility index (Phi) is 11.8. The Bertz CT molecular complexity index is 610. The van der Waals surface area contributed by atoms with Crippen molar-refractivity contribution in [2.45, 2.75) is 45.1 Å². The molecule has 1 unspecified atom stereocenters. The van der Waals surface area contributed by atoms with Crippen LogP contribution in [0.5, 0.6) is 0 Å². The highest BCUT2D eigenvalue weighted by molar-refractivity contribution is 5.85. The van der Waals surface area contributed by atoms with E-state index in [-0.39, 0.29) is 36.8 Å². The van der Waals surface area contributed by atoms with E-state index in [0.717, 1.165) is 19.3 Å². The highest BCUT2D eigenvalue weighted by atomic mass is 35.5. The van der Waals surface area contributed by atoms with Crippen molar-refractivity contribution in [3.8, 4) is 11.5 Å². The van der Waals surface area contributed by atoms with Gasteiger partial charge in [0.25, 0.3) is 0 Å². The second-order valence-electron chi connectivity index (χ2n) is 5.37. The number of hydrogen-bond donors (Lipinski definition) is 2. The van der Waals surface area contributed by atoms with E-state index >= 15 is 0 Å². The van der Waals surface area contributed by atoms with Crippen molar-refractivity contribution in [1.82, 2.24) is 20.4 Å². The number of carbonyl (C=O) groups is 1. The predicted molar refractivity (Wildman–Crippen MR) is 101 cm³/mol. The normalized spacial score (nSPS) is 11.1. The van der Waals surface area contributed by atoms with Crippen molar-refractivity contribution in [3.05, 3.63) is 30.3 Å². The molecule has 7 nitrogen and oxygen atoms in total. The molecule has 2 rings (SSSR count). The van der Waals surface area contributed by atoms with E-state index in [1.54, 1.807) is 12.3 Å². The second-order valence-corrected chi connectivity index (χ2v) is 5.37. The summed E-state index contributed by atoms with van der Waals surface area (Å²) in [5, 5.41) is 6.83. The van der Waals surface area contributed by atoms with Gasteiger partial charge in [-0.1, -0.05) is 31.0 Å². The Morgan fingerprint density at radius 2 is 2.16 bits per heavy atom. The van der Waals surface area contributed by atoms with Crippen molar-refractivity contribution in [1.29, 1.82) is 0 Å². The van der Waals surface area contributed by atoms with Crippen molar-refractivity contribution >= 4 is 30.7 Å². The minimum Gasteiger partial charge on any atom is -0.352 e. The van der Waals surface area contributed by atoms with Crippen LogP contribution in [0.3, 0.4) is 0 Å². The number of unbranched alkanes of at least 4 members (excludes halogenated alkanes) is 1. The molecule has 0 aliphatic heterocycles. The Morgan fingerprint density at radius 3 is 2.80 bits per heavy atom. The van der Waals surface area contributed by atoms with Crippen molar-refractivity contribution in [2.24, 2.45) is 5.73 Å². The number of aromatic nitrogens is 3. The Labute approximate surface area is 160 Å². The van der Waals surface area contributed by atoms with Crippen molar-refractivity contribution in [3.63, 3.8) is 0 Å². The van der Waals surface area contributed by atoms with Crippen LogP contribution in [0.25, 0.3) is 11.5 Å². The molecule has 1 amide bonds. The number of nitrogens with one attached hydrogen (secondary N) is 1. The third-order valence-electron chi connectivity index (χ3n) is 3.48. The quantitative estimate of drug-likeness (QED) is 0.682. The molecule has 3 N–H and O–H groups in total. The fourth-order valence-electron chi connectivity index (χ4n) is 2.18. The van der Waals surface area contributed by atoms with Gasteiger partial charge in [-0.2, -0.15) is 4.98 Å². The maximum atomic E-state index is 12.0. The van der Waals surface area contributed by atoms with Crippen LogP contribution in [-0.4, -0.2) is 33.6 Å². The number of halogens is 2. The first-order valence-corrected chi connectivity index (χ1v) is 7.96. The Balaban J connectivity index is 0.00000288. The van der Waals surface area contributed by atoms with E-state index in [1.807, 2.05) is 12.1 Å². The van der Waals surface area contributed by atoms with Crippen molar-refractivity contribution < 1.29 is 9.32 Å². The van der Waals surface area contributed by atoms with Gasteiger partial charge < -0.3 is 15.6 Å². The van der Waals surface area contributed by atoms with Gasteiger partial charge in [-0.15, -0.1) is 24.8 Å². The van der Waals surface area contributed by atoms with Crippen LogP contribution in [-0.2, 0) is 11.2 Å². The van der Waals surface area contributed by atoms with Crippen LogP contribution in [0.4, 0.5) is 0 Å². The third-order valence-corrected chi connectivity index (χ3v) is 3.48. The summed E-state index contributed by atoms with van der Waals surface area (Å²) in [4.78, 5) is 20.4. The first-order valence-electron chi connectivity index (χ1n) is 7.96. The summed E-state index contributed by atoms with van der Waals surface area (Å²) in [6.45, 7) is 2.57. The van der Waals surface area contributed by atoms with Crippen LogP contribution in [0.2, 0.25) is 0 Å². The van der Waals surface area contributed by atoms with Crippen LogP contribution in [0, 0.1) is 0 Å². The van der Waals surface area contributed by atoms with Crippen molar-refractivity contribution in [2.75, 3.05) is 6.54 Å². The molecule has 2 aromatic heterocycles. The number of rotatable bonds is 9. The molecule has 0 radical (unpaired) electrons. The minimum absolute atomic E-state index is 0. The summed E-state index contributed by atoms with van der Waals surface area (Å²) in [6, 6.07) is 5.52. The molecule has 0 aliphatic carbocycles. The fourth-order valence-corrected chi connectivity index (χ4v) is 2.18. The van der Waals surface area contributed by atoms with E-state index in [0.29, 0.717) is 36.8 Å². The number of amides is 1. The molecule has 2 heterocycles. The maximum Gasteiger partial charge on any atom is 0.227 e. The smallest absolute Gasteiger partial charge is 0.227 e. The molecule has 2 aromatic rings. The number of aryl methyl sites for hydroxylation is 1. The highest BCUT2D eigenvalue weighted by Gasteiger charge is 2.13. The molecule has 25 heavy (non-hydrogen) atoms. The van der Waals surface area contributed by atoms with Gasteiger partial charge in [0.2, 0.25) is 17.6 Å². The molecule has 9 heteroatoms. The lowest BCUT2D eigenvalue weighted by atomic mass is 10.1. The highest BCUT2D eigenvalue weighted by Crippen LogP contribution is 2.12. The van der Waals surface area contributed by atoms with Gasteiger partial charge in [-0.05, 0) is 18.6 Å². The monoisotopic (exact) mass is 389 g/mol. The summed E-state index contributed by atoms with van der Waals surface area (Å²) >= 11 is 0. The van der Waals surface area contributed by atoms with Crippen LogP contribution in [0.15, 0.2) is 28.9 Å². The largest absolute Gasteiger partial charge is 0.352 e. The summed E-state index contributed by atoms with van der Waals surface area (Å²) in [6.07, 6.45) is 5.41. The molecule has 0 spiro atoms. The summed E-state index contributed by atoms with van der Waals surface area (Å²) in [5.41, 5.74) is 6.32. The van der Waals surface area contributed by atoms with E-state index in [9.17, 15) is 4.79 Å². The number of pyridine rings is 1. The molecule has 0 aliphatic rings. The number of nitrogens with two attached hydrogens (primary N) is 1. The number of carbonyl (C=O) groups excluding carboxylic acids is 1. The molecular formula is C16H25Cl2N5O2. The zero-order valence-electron chi connectivity index (χ0n) is 14.2. The lowest BCUT2D eigenvalue weighted by Crippen LogP contribution is -2.40. The Morgan fingerprint density at radius 1 is 1.36 bits per heavy atom. The summed E-state index contributed by atoms with van der Waals surface area (Å²) in [7, 11) is 0. The molecular weight excluding hydrogens is 365 g/mol. The zero-order valence-corrected chi connectivity index (χ0v) is 15.8. The van der Waals surface area contributed by atoms with Gasteiger partial charge in [0, 0.05) is 31.6 Å². The lowest BCUT2D eigenvalue weighted by Gasteiger charge is -2.15. The molecule has 0 fully saturated rings. The molecule has 140 valence electrons. The standard InChI is InChI=1S/C16H23N5O2.2ClH/c1-2-3-6-12(11-17)19-14(22)8-9-15-20-16(21-23-15)13-7-4-5-10-18-13;;/h4-5,7,10,12H,2-3,6,8-9,11,17H2,1H3,(H,19,22);2*1H. The minimum atomic E-state index is -0.0471. The van der Waals surface area contributed by atoms with E-state index < -0.39 is 0 Å². The van der Waals surface area contributed by atoms with E-state index in [4.69, 9.17) is 10.3 Å². The zero-order chi connectivity index (χ0) is 16.5. The lowest BCUT2D eigenvalue weighted by molar-refractivity contribution is -0.121. The summed E-state index contributed by atoms with van der Waals surface area (Å²) < 4.78 is 5.16. The molecule has 0 aromatic carbocycles. The second kappa shape index (κ2) is 12.6. The van der Waals surface area contributed by atoms with Crippen LogP contribution in [0.1, 0.15) is 38.5 Å². The van der Waals surface area contributed by atoms with Gasteiger partial charge in [-0.3, -0.25) is 9.78 Å². The first-order chi connectivity index (χ1) is 11.2. The molecule has 0 saturated carbocycles. The van der Waals surface area contributed by atoms with Gasteiger partial charge in [-0.25, -0.2) is 0 Å². The SMILES string of the molecule is CCCCC(CN)NC(=O)CCc1nc(-c2ccccn2)no1.Cl.Cl. The topological polar surface area (TPSA) is 107 Å².